The Labute approximate surface area is 143 Å². The van der Waals surface area contributed by atoms with Crippen LogP contribution in [0.5, 0.6) is 0 Å². The number of carbonyl (C=O) groups excluding carboxylic acids is 1. The van der Waals surface area contributed by atoms with E-state index in [0.29, 0.717) is 18.2 Å². The number of ether oxygens (including phenoxy) is 1. The van der Waals surface area contributed by atoms with Crippen LogP contribution in [0.1, 0.15) is 35.8 Å². The first-order valence-corrected chi connectivity index (χ1v) is 8.56. The molecule has 1 atom stereocenters. The molecule has 2 N–H and O–H groups in total. The third-order valence-electron chi connectivity index (χ3n) is 4.05. The van der Waals surface area contributed by atoms with Crippen molar-refractivity contribution >= 4 is 23.2 Å². The molecule has 2 aromatic rings. The topological polar surface area (TPSA) is 88.5 Å². The van der Waals surface area contributed by atoms with Crippen LogP contribution in [-0.2, 0) is 16.1 Å². The van der Waals surface area contributed by atoms with Crippen molar-refractivity contribution in [1.82, 2.24) is 10.3 Å². The summed E-state index contributed by atoms with van der Waals surface area (Å²) in [5, 5.41) is 14.0. The molecule has 6 nitrogen and oxygen atoms in total. The fourth-order valence-electron chi connectivity index (χ4n) is 2.65. The SMILES string of the molecule is CC1(C(=O)NCc2cccc(-c3nc(C(=O)O)cs3)c2)CCCO1. The van der Waals surface area contributed by atoms with E-state index in [-0.39, 0.29) is 11.6 Å². The van der Waals surface area contributed by atoms with Crippen molar-refractivity contribution in [2.75, 3.05) is 6.61 Å². The van der Waals surface area contributed by atoms with Crippen LogP contribution in [0.3, 0.4) is 0 Å². The molecule has 1 unspecified atom stereocenters. The van der Waals surface area contributed by atoms with Crippen LogP contribution in [0, 0.1) is 0 Å². The van der Waals surface area contributed by atoms with E-state index in [1.807, 2.05) is 31.2 Å². The maximum atomic E-state index is 12.3. The van der Waals surface area contributed by atoms with Crippen molar-refractivity contribution in [2.45, 2.75) is 31.9 Å². The van der Waals surface area contributed by atoms with Gasteiger partial charge in [0.15, 0.2) is 5.69 Å². The van der Waals surface area contributed by atoms with Gasteiger partial charge in [0.05, 0.1) is 0 Å². The Kier molecular flexibility index (Phi) is 4.64. The Morgan fingerprint density at radius 3 is 2.96 bits per heavy atom. The number of thiazole rings is 1. The first-order valence-electron chi connectivity index (χ1n) is 7.68. The van der Waals surface area contributed by atoms with Crippen LogP contribution in [0.15, 0.2) is 29.6 Å². The maximum Gasteiger partial charge on any atom is 0.355 e. The van der Waals surface area contributed by atoms with Crippen molar-refractivity contribution in [3.8, 4) is 10.6 Å². The van der Waals surface area contributed by atoms with E-state index >= 15 is 0 Å². The van der Waals surface area contributed by atoms with Crippen molar-refractivity contribution < 1.29 is 19.4 Å². The number of carboxylic acids is 1. The van der Waals surface area contributed by atoms with E-state index in [1.165, 1.54) is 16.7 Å². The third-order valence-corrected chi connectivity index (χ3v) is 4.94. The van der Waals surface area contributed by atoms with E-state index in [1.54, 1.807) is 0 Å². The van der Waals surface area contributed by atoms with Crippen LogP contribution < -0.4 is 5.32 Å². The fraction of sp³-hybridized carbons (Fsp3) is 0.353. The van der Waals surface area contributed by atoms with Crippen molar-refractivity contribution in [3.63, 3.8) is 0 Å². The molecule has 3 rings (SSSR count). The molecule has 7 heteroatoms. The maximum absolute atomic E-state index is 12.3. The Hall–Kier alpha value is -2.25. The van der Waals surface area contributed by atoms with E-state index in [0.717, 1.165) is 24.0 Å². The first kappa shape index (κ1) is 16.6. The lowest BCUT2D eigenvalue weighted by atomic mass is 10.0. The monoisotopic (exact) mass is 346 g/mol. The molecule has 1 aliphatic heterocycles. The summed E-state index contributed by atoms with van der Waals surface area (Å²) in [5.41, 5.74) is 1.07. The van der Waals surface area contributed by atoms with Crippen molar-refractivity contribution in [1.29, 1.82) is 0 Å². The molecule has 0 saturated carbocycles. The largest absolute Gasteiger partial charge is 0.476 e. The normalized spacial score (nSPS) is 20.0. The van der Waals surface area contributed by atoms with Crippen molar-refractivity contribution in [3.05, 3.63) is 40.9 Å². The van der Waals surface area contributed by atoms with Gasteiger partial charge in [0.2, 0.25) is 0 Å². The van der Waals surface area contributed by atoms with Gasteiger partial charge in [-0.3, -0.25) is 4.79 Å². The molecule has 1 fully saturated rings. The molecule has 1 aliphatic rings. The van der Waals surface area contributed by atoms with Crippen LogP contribution in [0.2, 0.25) is 0 Å². The quantitative estimate of drug-likeness (QED) is 0.869. The average molecular weight is 346 g/mol. The highest BCUT2D eigenvalue weighted by atomic mass is 32.1. The van der Waals surface area contributed by atoms with Crippen LogP contribution >= 0.6 is 11.3 Å². The Morgan fingerprint density at radius 2 is 2.29 bits per heavy atom. The van der Waals surface area contributed by atoms with E-state index in [2.05, 4.69) is 10.3 Å². The second-order valence-corrected chi connectivity index (χ2v) is 6.77. The minimum Gasteiger partial charge on any atom is -0.476 e. The number of rotatable bonds is 5. The van der Waals surface area contributed by atoms with Gasteiger partial charge in [-0.25, -0.2) is 9.78 Å². The predicted molar refractivity (Wildman–Crippen MR) is 89.9 cm³/mol. The summed E-state index contributed by atoms with van der Waals surface area (Å²) >= 11 is 1.28. The minimum atomic E-state index is -1.04. The fourth-order valence-corrected chi connectivity index (χ4v) is 3.44. The minimum absolute atomic E-state index is 0.0417. The predicted octanol–water partition coefficient (Wildman–Crippen LogP) is 2.69. The summed E-state index contributed by atoms with van der Waals surface area (Å²) in [6.07, 6.45) is 1.63. The number of benzene rings is 1. The highest BCUT2D eigenvalue weighted by Crippen LogP contribution is 2.26. The Balaban J connectivity index is 1.69. The van der Waals surface area contributed by atoms with Crippen LogP contribution in [0.25, 0.3) is 10.6 Å². The van der Waals surface area contributed by atoms with E-state index in [4.69, 9.17) is 9.84 Å². The molecule has 0 aliphatic carbocycles. The highest BCUT2D eigenvalue weighted by molar-refractivity contribution is 7.13. The smallest absolute Gasteiger partial charge is 0.355 e. The number of aromatic carboxylic acids is 1. The number of nitrogens with one attached hydrogen (secondary N) is 1. The summed E-state index contributed by atoms with van der Waals surface area (Å²) in [4.78, 5) is 27.3. The number of amides is 1. The van der Waals surface area contributed by atoms with Gasteiger partial charge in [-0.05, 0) is 31.4 Å². The van der Waals surface area contributed by atoms with Gasteiger partial charge in [-0.15, -0.1) is 11.3 Å². The molecule has 24 heavy (non-hydrogen) atoms. The van der Waals surface area contributed by atoms with Crippen LogP contribution in [0.4, 0.5) is 0 Å². The second-order valence-electron chi connectivity index (χ2n) is 5.91. The molecule has 126 valence electrons. The molecular weight excluding hydrogens is 328 g/mol. The second kappa shape index (κ2) is 6.70. The van der Waals surface area contributed by atoms with Gasteiger partial charge in [0, 0.05) is 24.1 Å². The molecule has 0 radical (unpaired) electrons. The van der Waals surface area contributed by atoms with Gasteiger partial charge in [0.1, 0.15) is 10.6 Å². The number of carboxylic acid groups (broad SMARTS) is 1. The lowest BCUT2D eigenvalue weighted by Crippen LogP contribution is -2.43. The zero-order valence-electron chi connectivity index (χ0n) is 13.2. The lowest BCUT2D eigenvalue weighted by Gasteiger charge is -2.21. The number of aromatic nitrogens is 1. The zero-order valence-corrected chi connectivity index (χ0v) is 14.1. The standard InChI is InChI=1S/C17H18N2O4S/c1-17(6-3-7-23-17)16(22)18-9-11-4-2-5-12(8-11)14-19-13(10-24-14)15(20)21/h2,4-5,8,10H,3,6-7,9H2,1H3,(H,18,22)(H,20,21). The number of hydrogen-bond acceptors (Lipinski definition) is 5. The molecule has 1 amide bonds. The number of carbonyl (C=O) groups is 2. The Morgan fingerprint density at radius 1 is 1.46 bits per heavy atom. The summed E-state index contributed by atoms with van der Waals surface area (Å²) < 4.78 is 5.53. The lowest BCUT2D eigenvalue weighted by molar-refractivity contribution is -0.139. The van der Waals surface area contributed by atoms with Gasteiger partial charge < -0.3 is 15.2 Å². The average Bonchev–Trinajstić information content (AvgIpc) is 3.23. The molecule has 0 bridgehead atoms. The van der Waals surface area contributed by atoms with Gasteiger partial charge >= 0.3 is 5.97 Å². The summed E-state index contributed by atoms with van der Waals surface area (Å²) in [6, 6.07) is 7.56. The highest BCUT2D eigenvalue weighted by Gasteiger charge is 2.37. The van der Waals surface area contributed by atoms with Gasteiger partial charge in [-0.2, -0.15) is 0 Å². The van der Waals surface area contributed by atoms with Gasteiger partial charge in [-0.1, -0.05) is 18.2 Å². The third kappa shape index (κ3) is 3.47. The summed E-state index contributed by atoms with van der Waals surface area (Å²) in [7, 11) is 0. The van der Waals surface area contributed by atoms with E-state index in [9.17, 15) is 9.59 Å². The molecule has 1 aromatic carbocycles. The van der Waals surface area contributed by atoms with Crippen LogP contribution in [-0.4, -0.2) is 34.2 Å². The van der Waals surface area contributed by atoms with E-state index < -0.39 is 11.6 Å². The van der Waals surface area contributed by atoms with Gasteiger partial charge in [0.25, 0.3) is 5.91 Å². The Bertz CT molecular complexity index is 765. The molecule has 2 heterocycles. The number of nitrogens with zero attached hydrogens (tertiary/aromatic N) is 1. The summed E-state index contributed by atoms with van der Waals surface area (Å²) in [5.74, 6) is -1.14. The summed E-state index contributed by atoms with van der Waals surface area (Å²) in [6.45, 7) is 2.83. The number of hydrogen-bond donors (Lipinski definition) is 2. The molecule has 1 saturated heterocycles. The molecule has 1 aromatic heterocycles. The first-order chi connectivity index (χ1) is 11.5. The molecule has 0 spiro atoms. The van der Waals surface area contributed by atoms with Crippen molar-refractivity contribution in [2.24, 2.45) is 0 Å². The molecular formula is C17H18N2O4S. The zero-order chi connectivity index (χ0) is 17.2.